The molecule has 4 nitrogen and oxygen atoms in total. The molecule has 4 N–H and O–H groups in total. The van der Waals surface area contributed by atoms with E-state index in [0.29, 0.717) is 5.84 Å². The van der Waals surface area contributed by atoms with E-state index in [4.69, 9.17) is 11.3 Å². The lowest BCUT2D eigenvalue weighted by Gasteiger charge is -2.12. The van der Waals surface area contributed by atoms with E-state index < -0.39 is 0 Å². The lowest BCUT2D eigenvalue weighted by molar-refractivity contribution is 0.372. The minimum Gasteiger partial charge on any atom is -0.288 e. The molecule has 0 saturated heterocycles. The Labute approximate surface area is 42.7 Å². The van der Waals surface area contributed by atoms with E-state index in [1.807, 2.05) is 0 Å². The molecule has 0 aliphatic carbocycles. The minimum absolute atomic E-state index is 0.391. The summed E-state index contributed by atoms with van der Waals surface area (Å²) < 4.78 is 0. The van der Waals surface area contributed by atoms with Gasteiger partial charge >= 0.3 is 0 Å². The average molecular weight is 102 g/mol. The van der Waals surface area contributed by atoms with E-state index >= 15 is 0 Å². The van der Waals surface area contributed by atoms with Gasteiger partial charge in [-0.3, -0.25) is 16.3 Å². The highest BCUT2D eigenvalue weighted by Crippen LogP contribution is 1.69. The molecule has 0 spiro atoms. The quantitative estimate of drug-likeness (QED) is 0.177. The van der Waals surface area contributed by atoms with Crippen LogP contribution < -0.4 is 11.4 Å². The minimum atomic E-state index is 0.391. The van der Waals surface area contributed by atoms with Gasteiger partial charge in [0, 0.05) is 7.05 Å². The first-order chi connectivity index (χ1) is 3.18. The van der Waals surface area contributed by atoms with Crippen LogP contribution in [0.25, 0.3) is 0 Å². The number of nitrogens with one attached hydrogen (secondary N) is 2. The second-order valence-corrected chi connectivity index (χ2v) is 1.27. The third kappa shape index (κ3) is 2.13. The van der Waals surface area contributed by atoms with Crippen LogP contribution in [0.4, 0.5) is 0 Å². The Kier molecular flexibility index (Phi) is 2.32. The summed E-state index contributed by atoms with van der Waals surface area (Å²) in [5.41, 5.74) is 2.27. The first-order valence-corrected chi connectivity index (χ1v) is 1.93. The zero-order valence-electron chi connectivity index (χ0n) is 4.52. The highest BCUT2D eigenvalue weighted by atomic mass is 15.6. The van der Waals surface area contributed by atoms with E-state index in [0.717, 1.165) is 0 Å². The van der Waals surface area contributed by atoms with Crippen LogP contribution in [0.2, 0.25) is 0 Å². The van der Waals surface area contributed by atoms with Crippen LogP contribution in [-0.4, -0.2) is 17.9 Å². The number of rotatable bonds is 1. The lowest BCUT2D eigenvalue weighted by Crippen LogP contribution is -2.42. The van der Waals surface area contributed by atoms with Crippen molar-refractivity contribution in [3.8, 4) is 0 Å². The van der Waals surface area contributed by atoms with E-state index in [2.05, 4.69) is 5.53 Å². The van der Waals surface area contributed by atoms with Gasteiger partial charge in [0.1, 0.15) is 5.84 Å². The van der Waals surface area contributed by atoms with Crippen molar-refractivity contribution in [2.45, 2.75) is 6.92 Å². The van der Waals surface area contributed by atoms with Gasteiger partial charge in [-0.1, -0.05) is 0 Å². The predicted octanol–water partition coefficient (Wildman–Crippen LogP) is -0.706. The molecule has 0 rings (SSSR count). The van der Waals surface area contributed by atoms with Crippen molar-refractivity contribution in [2.75, 3.05) is 7.05 Å². The Morgan fingerprint density at radius 1 is 1.86 bits per heavy atom. The molecule has 0 radical (unpaired) electrons. The molecule has 0 aromatic rings. The second-order valence-electron chi connectivity index (χ2n) is 1.27. The molecule has 42 valence electrons. The Bertz CT molecular complexity index is 69.3. The van der Waals surface area contributed by atoms with Crippen molar-refractivity contribution in [1.82, 2.24) is 10.5 Å². The number of amidine groups is 1. The van der Waals surface area contributed by atoms with E-state index in [-0.39, 0.29) is 0 Å². The summed E-state index contributed by atoms with van der Waals surface area (Å²) in [6, 6.07) is 0. The van der Waals surface area contributed by atoms with Gasteiger partial charge in [-0.2, -0.15) is 5.53 Å². The van der Waals surface area contributed by atoms with Gasteiger partial charge in [-0.05, 0) is 6.92 Å². The first kappa shape index (κ1) is 6.39. The van der Waals surface area contributed by atoms with Gasteiger partial charge in [-0.25, -0.2) is 0 Å². The van der Waals surface area contributed by atoms with Gasteiger partial charge in [0.15, 0.2) is 0 Å². The summed E-state index contributed by atoms with van der Waals surface area (Å²) in [4.78, 5) is 0. The number of nitrogens with zero attached hydrogens (tertiary/aromatic N) is 1. The van der Waals surface area contributed by atoms with Crippen molar-refractivity contribution in [3.63, 3.8) is 0 Å². The maximum atomic E-state index is 6.88. The van der Waals surface area contributed by atoms with Crippen molar-refractivity contribution in [3.05, 3.63) is 0 Å². The summed E-state index contributed by atoms with van der Waals surface area (Å²) in [6.45, 7) is 1.64. The third-order valence-corrected chi connectivity index (χ3v) is 0.697. The van der Waals surface area contributed by atoms with Gasteiger partial charge in [-0.15, -0.1) is 0 Å². The highest BCUT2D eigenvalue weighted by Gasteiger charge is 1.88. The van der Waals surface area contributed by atoms with Crippen LogP contribution in [0, 0.1) is 5.41 Å². The Morgan fingerprint density at radius 2 is 2.29 bits per heavy atom. The zero-order chi connectivity index (χ0) is 5.86. The van der Waals surface area contributed by atoms with E-state index in [9.17, 15) is 0 Å². The molecule has 7 heavy (non-hydrogen) atoms. The summed E-state index contributed by atoms with van der Waals surface area (Å²) in [5.74, 6) is 5.30. The number of nitrogens with two attached hydrogens (primary N) is 1. The van der Waals surface area contributed by atoms with Crippen LogP contribution >= 0.6 is 0 Å². The van der Waals surface area contributed by atoms with Crippen LogP contribution in [0.3, 0.4) is 0 Å². The topological polar surface area (TPSA) is 65.1 Å². The van der Waals surface area contributed by atoms with Crippen molar-refractivity contribution in [1.29, 1.82) is 5.41 Å². The van der Waals surface area contributed by atoms with Gasteiger partial charge in [0.2, 0.25) is 0 Å². The van der Waals surface area contributed by atoms with Crippen molar-refractivity contribution >= 4 is 5.84 Å². The molecular weight excluding hydrogens is 92.1 g/mol. The monoisotopic (exact) mass is 102 g/mol. The standard InChI is InChI=1S/C3H10N4/c1-3(4)7(2)6-5/h4,6H,5H2,1-2H3. The van der Waals surface area contributed by atoms with E-state index in [1.165, 1.54) is 5.01 Å². The van der Waals surface area contributed by atoms with Crippen molar-refractivity contribution in [2.24, 2.45) is 5.84 Å². The largest absolute Gasteiger partial charge is 0.288 e. The third-order valence-electron chi connectivity index (χ3n) is 0.697. The highest BCUT2D eigenvalue weighted by molar-refractivity contribution is 5.75. The maximum absolute atomic E-state index is 6.88. The van der Waals surface area contributed by atoms with Gasteiger partial charge in [0.25, 0.3) is 0 Å². The smallest absolute Gasteiger partial charge is 0.108 e. The fraction of sp³-hybridized carbons (Fsp3) is 0.667. The molecule has 0 heterocycles. The van der Waals surface area contributed by atoms with E-state index in [1.54, 1.807) is 14.0 Å². The molecule has 0 aliphatic rings. The predicted molar refractivity (Wildman–Crippen MR) is 28.5 cm³/mol. The molecule has 0 amide bonds. The first-order valence-electron chi connectivity index (χ1n) is 1.93. The van der Waals surface area contributed by atoms with Crippen molar-refractivity contribution < 1.29 is 0 Å². The molecule has 0 aromatic heterocycles. The Morgan fingerprint density at radius 3 is 2.29 bits per heavy atom. The number of hydrogen-bond donors (Lipinski definition) is 3. The fourth-order valence-corrected chi connectivity index (χ4v) is 0.0968. The molecule has 0 aliphatic heterocycles. The Balaban J connectivity index is 3.34. The molecular formula is C3H10N4. The number of hydrogen-bond acceptors (Lipinski definition) is 3. The molecule has 0 saturated carbocycles. The van der Waals surface area contributed by atoms with Crippen LogP contribution in [-0.2, 0) is 0 Å². The summed E-state index contributed by atoms with van der Waals surface area (Å²) >= 11 is 0. The Hall–Kier alpha value is -0.610. The molecule has 0 atom stereocenters. The molecule has 0 bridgehead atoms. The fourth-order valence-electron chi connectivity index (χ4n) is 0.0968. The SMILES string of the molecule is CC(=N)N(C)NN. The molecule has 4 heteroatoms. The molecule has 0 aromatic carbocycles. The van der Waals surface area contributed by atoms with Gasteiger partial charge in [0.05, 0.1) is 0 Å². The molecule has 0 unspecified atom stereocenters. The van der Waals surface area contributed by atoms with Crippen LogP contribution in [0.5, 0.6) is 0 Å². The average Bonchev–Trinajstić information content (AvgIpc) is 1.65. The zero-order valence-corrected chi connectivity index (χ0v) is 4.52. The summed E-state index contributed by atoms with van der Waals surface area (Å²) in [7, 11) is 1.67. The normalized spacial score (nSPS) is 8.43. The number of hydrazine groups is 2. The van der Waals surface area contributed by atoms with Crippen LogP contribution in [0.1, 0.15) is 6.92 Å². The molecule has 0 fully saturated rings. The summed E-state index contributed by atoms with van der Waals surface area (Å²) in [5, 5.41) is 8.29. The maximum Gasteiger partial charge on any atom is 0.108 e. The second kappa shape index (κ2) is 2.54. The van der Waals surface area contributed by atoms with Gasteiger partial charge < -0.3 is 0 Å². The van der Waals surface area contributed by atoms with Crippen LogP contribution in [0.15, 0.2) is 0 Å². The lowest BCUT2D eigenvalue weighted by atomic mass is 10.7. The summed E-state index contributed by atoms with van der Waals surface area (Å²) in [6.07, 6.45) is 0.